The Morgan fingerprint density at radius 1 is 0.871 bits per heavy atom. The van der Waals surface area contributed by atoms with Gasteiger partial charge in [0.2, 0.25) is 5.91 Å². The number of methoxy groups -OCH3 is 3. The van der Waals surface area contributed by atoms with Crippen LogP contribution in [0.3, 0.4) is 0 Å². The Balaban J connectivity index is 1.85. The van der Waals surface area contributed by atoms with E-state index in [1.54, 1.807) is 26.2 Å². The number of hydrogen-bond acceptors (Lipinski definition) is 5. The first-order valence-corrected chi connectivity index (χ1v) is 10.0. The molecule has 6 heteroatoms. The zero-order valence-electron chi connectivity index (χ0n) is 18.1. The van der Waals surface area contributed by atoms with Crippen LogP contribution in [0.2, 0.25) is 0 Å². The third-order valence-corrected chi connectivity index (χ3v) is 5.15. The van der Waals surface area contributed by atoms with Crippen LogP contribution in [-0.4, -0.2) is 33.8 Å². The van der Waals surface area contributed by atoms with E-state index in [-0.39, 0.29) is 5.91 Å². The van der Waals surface area contributed by atoms with Crippen molar-refractivity contribution in [2.45, 2.75) is 12.5 Å². The van der Waals surface area contributed by atoms with Crippen LogP contribution in [0.1, 0.15) is 17.2 Å². The van der Waals surface area contributed by atoms with E-state index >= 15 is 0 Å². The number of nitrogens with two attached hydrogens (primary N) is 1. The van der Waals surface area contributed by atoms with E-state index < -0.39 is 6.04 Å². The van der Waals surface area contributed by atoms with Crippen LogP contribution in [0.5, 0.6) is 17.2 Å². The van der Waals surface area contributed by atoms with Crippen molar-refractivity contribution in [2.24, 2.45) is 5.73 Å². The molecule has 3 aromatic rings. The van der Waals surface area contributed by atoms with Crippen LogP contribution in [0.4, 0.5) is 5.69 Å². The molecule has 0 radical (unpaired) electrons. The lowest BCUT2D eigenvalue weighted by atomic mass is 10.1. The van der Waals surface area contributed by atoms with Gasteiger partial charge in [0.1, 0.15) is 11.8 Å². The molecular formula is C25H28N2O4. The van der Waals surface area contributed by atoms with Gasteiger partial charge in [0.05, 0.1) is 21.3 Å². The smallest absolute Gasteiger partial charge is 0.248 e. The summed E-state index contributed by atoms with van der Waals surface area (Å²) in [5.41, 5.74) is 8.89. The van der Waals surface area contributed by atoms with Gasteiger partial charge in [0, 0.05) is 12.2 Å². The van der Waals surface area contributed by atoms with Crippen molar-refractivity contribution >= 4 is 11.6 Å². The van der Waals surface area contributed by atoms with Crippen molar-refractivity contribution in [3.8, 4) is 17.2 Å². The van der Waals surface area contributed by atoms with Gasteiger partial charge in [-0.3, -0.25) is 4.79 Å². The van der Waals surface area contributed by atoms with Crippen molar-refractivity contribution < 1.29 is 19.0 Å². The molecule has 0 aromatic heterocycles. The van der Waals surface area contributed by atoms with Crippen molar-refractivity contribution in [1.29, 1.82) is 0 Å². The lowest BCUT2D eigenvalue weighted by Gasteiger charge is -2.26. The summed E-state index contributed by atoms with van der Waals surface area (Å²) in [7, 11) is 4.82. The molecule has 6 nitrogen and oxygen atoms in total. The zero-order chi connectivity index (χ0) is 22.2. The van der Waals surface area contributed by atoms with Crippen LogP contribution in [0.15, 0.2) is 72.8 Å². The summed E-state index contributed by atoms with van der Waals surface area (Å²) in [5, 5.41) is 0. The molecule has 1 atom stereocenters. The fraction of sp³-hybridized carbons (Fsp3) is 0.240. The molecule has 3 rings (SSSR count). The Bertz CT molecular complexity index is 990. The van der Waals surface area contributed by atoms with Gasteiger partial charge < -0.3 is 24.8 Å². The fourth-order valence-electron chi connectivity index (χ4n) is 3.38. The first kappa shape index (κ1) is 22.2. The lowest BCUT2D eigenvalue weighted by Crippen LogP contribution is -2.40. The number of benzene rings is 3. The van der Waals surface area contributed by atoms with Gasteiger partial charge in [-0.25, -0.2) is 0 Å². The van der Waals surface area contributed by atoms with Gasteiger partial charge in [0.25, 0.3) is 0 Å². The number of carbonyl (C=O) groups is 1. The Morgan fingerprint density at radius 3 is 2.16 bits per heavy atom. The topological polar surface area (TPSA) is 74.0 Å². The molecular weight excluding hydrogens is 392 g/mol. The highest BCUT2D eigenvalue weighted by Gasteiger charge is 2.24. The van der Waals surface area contributed by atoms with Gasteiger partial charge in [-0.1, -0.05) is 36.4 Å². The summed E-state index contributed by atoms with van der Waals surface area (Å²) in [4.78, 5) is 15.1. The first-order valence-electron chi connectivity index (χ1n) is 10.0. The molecule has 0 heterocycles. The highest BCUT2D eigenvalue weighted by molar-refractivity contribution is 5.97. The number of carbonyl (C=O) groups excluding carboxylic acids is 1. The van der Waals surface area contributed by atoms with Crippen LogP contribution < -0.4 is 24.8 Å². The molecule has 0 bridgehead atoms. The second-order valence-electron chi connectivity index (χ2n) is 7.02. The monoisotopic (exact) mass is 420 g/mol. The molecule has 0 aliphatic rings. The van der Waals surface area contributed by atoms with E-state index in [1.807, 2.05) is 72.8 Å². The highest BCUT2D eigenvalue weighted by atomic mass is 16.5. The molecule has 3 aromatic carbocycles. The van der Waals surface area contributed by atoms with Crippen LogP contribution in [-0.2, 0) is 11.2 Å². The van der Waals surface area contributed by atoms with Crippen molar-refractivity contribution in [1.82, 2.24) is 0 Å². The predicted octanol–water partition coefficient (Wildman–Crippen LogP) is 3.99. The molecule has 1 unspecified atom stereocenters. The average molecular weight is 421 g/mol. The number of nitrogens with zero attached hydrogens (tertiary/aromatic N) is 1. The standard InChI is InChI=1S/C25H28N2O4/c1-29-21-12-10-20(11-13-21)27(25(28)24(26)19-7-5-4-6-8-19)16-15-18-9-14-22(30-2)23(17-18)31-3/h4-14,17,24H,15-16,26H2,1-3H3. The third kappa shape index (κ3) is 5.35. The average Bonchev–Trinajstić information content (AvgIpc) is 2.84. The summed E-state index contributed by atoms with van der Waals surface area (Å²) in [5.74, 6) is 1.88. The molecule has 0 saturated carbocycles. The SMILES string of the molecule is COc1ccc(N(CCc2ccc(OC)c(OC)c2)C(=O)C(N)c2ccccc2)cc1. The minimum atomic E-state index is -0.756. The van der Waals surface area contributed by atoms with Crippen molar-refractivity contribution in [2.75, 3.05) is 32.8 Å². The first-order chi connectivity index (χ1) is 15.1. The normalized spacial score (nSPS) is 11.5. The Hall–Kier alpha value is -3.51. The van der Waals surface area contributed by atoms with Crippen molar-refractivity contribution in [3.63, 3.8) is 0 Å². The van der Waals surface area contributed by atoms with Gasteiger partial charge in [0.15, 0.2) is 11.5 Å². The van der Waals surface area contributed by atoms with Gasteiger partial charge in [-0.15, -0.1) is 0 Å². The largest absolute Gasteiger partial charge is 0.497 e. The van der Waals surface area contributed by atoms with Gasteiger partial charge in [-0.05, 0) is 53.9 Å². The molecule has 0 aliphatic carbocycles. The maximum Gasteiger partial charge on any atom is 0.248 e. The molecule has 2 N–H and O–H groups in total. The van der Waals surface area contributed by atoms with Crippen molar-refractivity contribution in [3.05, 3.63) is 83.9 Å². The molecule has 0 fully saturated rings. The van der Waals surface area contributed by atoms with E-state index in [2.05, 4.69) is 0 Å². The van der Waals surface area contributed by atoms with E-state index in [0.29, 0.717) is 24.5 Å². The number of hydrogen-bond donors (Lipinski definition) is 1. The minimum absolute atomic E-state index is 0.170. The molecule has 0 aliphatic heterocycles. The summed E-state index contributed by atoms with van der Waals surface area (Å²) >= 11 is 0. The molecule has 0 saturated heterocycles. The summed E-state index contributed by atoms with van der Waals surface area (Å²) < 4.78 is 16.0. The number of anilines is 1. The van der Waals surface area contributed by atoms with Gasteiger partial charge >= 0.3 is 0 Å². The lowest BCUT2D eigenvalue weighted by molar-refractivity contribution is -0.120. The van der Waals surface area contributed by atoms with Crippen LogP contribution >= 0.6 is 0 Å². The quantitative estimate of drug-likeness (QED) is 0.567. The van der Waals surface area contributed by atoms with Gasteiger partial charge in [-0.2, -0.15) is 0 Å². The molecule has 0 spiro atoms. The summed E-state index contributed by atoms with van der Waals surface area (Å²) in [6.45, 7) is 0.460. The number of ether oxygens (including phenoxy) is 3. The highest BCUT2D eigenvalue weighted by Crippen LogP contribution is 2.28. The fourth-order valence-corrected chi connectivity index (χ4v) is 3.38. The van der Waals surface area contributed by atoms with E-state index in [1.165, 1.54) is 0 Å². The van der Waals surface area contributed by atoms with Crippen LogP contribution in [0, 0.1) is 0 Å². The minimum Gasteiger partial charge on any atom is -0.497 e. The maximum absolute atomic E-state index is 13.4. The van der Waals surface area contributed by atoms with E-state index in [0.717, 1.165) is 22.6 Å². The van der Waals surface area contributed by atoms with Crippen LogP contribution in [0.25, 0.3) is 0 Å². The predicted molar refractivity (Wildman–Crippen MR) is 122 cm³/mol. The Morgan fingerprint density at radius 2 is 1.55 bits per heavy atom. The van der Waals surface area contributed by atoms with E-state index in [9.17, 15) is 4.79 Å². The Kier molecular flexibility index (Phi) is 7.51. The zero-order valence-corrected chi connectivity index (χ0v) is 18.1. The Labute approximate surface area is 183 Å². The summed E-state index contributed by atoms with van der Waals surface area (Å²) in [6.07, 6.45) is 0.625. The molecule has 162 valence electrons. The molecule has 31 heavy (non-hydrogen) atoms. The number of amides is 1. The second-order valence-corrected chi connectivity index (χ2v) is 7.02. The van der Waals surface area contributed by atoms with E-state index in [4.69, 9.17) is 19.9 Å². The molecule has 1 amide bonds. The third-order valence-electron chi connectivity index (χ3n) is 5.15. The second kappa shape index (κ2) is 10.5. The maximum atomic E-state index is 13.4. The number of rotatable bonds is 9. The summed E-state index contributed by atoms with van der Waals surface area (Å²) in [6, 6.07) is 21.8.